The molecule has 1 aromatic carbocycles. The Balaban J connectivity index is 2.69. The van der Waals surface area contributed by atoms with Crippen LogP contribution in [0, 0.1) is 0 Å². The van der Waals surface area contributed by atoms with Gasteiger partial charge in [0.15, 0.2) is 0 Å². The summed E-state index contributed by atoms with van der Waals surface area (Å²) in [5.41, 5.74) is 1.16. The van der Waals surface area contributed by atoms with Crippen LogP contribution in [0.2, 0.25) is 0 Å². The van der Waals surface area contributed by atoms with Crippen molar-refractivity contribution in [3.8, 4) is 5.75 Å². The first-order valence-corrected chi connectivity index (χ1v) is 6.47. The molecule has 0 aromatic heterocycles. The highest BCUT2D eigenvalue weighted by molar-refractivity contribution is 7.99. The Kier molecular flexibility index (Phi) is 6.30. The molecule has 0 aliphatic heterocycles. The van der Waals surface area contributed by atoms with E-state index in [9.17, 15) is 0 Å². The average molecular weight is 241 g/mol. The van der Waals surface area contributed by atoms with Gasteiger partial charge in [0.05, 0.1) is 13.7 Å². The Morgan fingerprint density at radius 3 is 2.81 bits per heavy atom. The van der Waals surface area contributed by atoms with Crippen molar-refractivity contribution >= 4 is 11.8 Å². The lowest BCUT2D eigenvalue weighted by atomic mass is 10.1. The lowest BCUT2D eigenvalue weighted by molar-refractivity contribution is 0.322. The van der Waals surface area contributed by atoms with Crippen LogP contribution >= 0.6 is 11.8 Å². The van der Waals surface area contributed by atoms with Crippen LogP contribution in [-0.4, -0.2) is 37.4 Å². The number of thioether (sulfide) groups is 1. The fourth-order valence-corrected chi connectivity index (χ4v) is 2.43. The van der Waals surface area contributed by atoms with Crippen molar-refractivity contribution < 1.29 is 9.84 Å². The number of benzene rings is 1. The lowest BCUT2D eigenvalue weighted by Crippen LogP contribution is -2.19. The first-order chi connectivity index (χ1) is 7.83. The molecule has 0 spiro atoms. The van der Waals surface area contributed by atoms with E-state index in [2.05, 4.69) is 11.4 Å². The molecular weight excluding hydrogens is 222 g/mol. The molecule has 1 atom stereocenters. The summed E-state index contributed by atoms with van der Waals surface area (Å²) in [7, 11) is 3.63. The van der Waals surface area contributed by atoms with Gasteiger partial charge < -0.3 is 15.2 Å². The predicted octanol–water partition coefficient (Wildman–Crippen LogP) is 1.68. The van der Waals surface area contributed by atoms with E-state index in [1.54, 1.807) is 18.9 Å². The van der Waals surface area contributed by atoms with Gasteiger partial charge in [-0.1, -0.05) is 18.2 Å². The third kappa shape index (κ3) is 3.70. The summed E-state index contributed by atoms with van der Waals surface area (Å²) in [6, 6.07) is 8.28. The van der Waals surface area contributed by atoms with Crippen molar-refractivity contribution in [2.75, 3.05) is 32.3 Å². The average Bonchev–Trinajstić information content (AvgIpc) is 2.35. The minimum Gasteiger partial charge on any atom is -0.496 e. The molecular formula is C12H19NO2S. The van der Waals surface area contributed by atoms with Gasteiger partial charge in [0, 0.05) is 23.1 Å². The number of methoxy groups -OCH3 is 1. The normalized spacial score (nSPS) is 12.4. The highest BCUT2D eigenvalue weighted by Gasteiger charge is 2.13. The minimum absolute atomic E-state index is 0.229. The zero-order chi connectivity index (χ0) is 11.8. The molecule has 16 heavy (non-hydrogen) atoms. The molecule has 0 heterocycles. The van der Waals surface area contributed by atoms with Crippen LogP contribution in [0.15, 0.2) is 24.3 Å². The predicted molar refractivity (Wildman–Crippen MR) is 69.2 cm³/mol. The number of ether oxygens (including phenoxy) is 1. The first-order valence-electron chi connectivity index (χ1n) is 5.32. The number of hydrogen-bond donors (Lipinski definition) is 2. The van der Waals surface area contributed by atoms with Crippen molar-refractivity contribution in [2.45, 2.75) is 6.04 Å². The van der Waals surface area contributed by atoms with Crippen molar-refractivity contribution in [1.29, 1.82) is 0 Å². The fourth-order valence-electron chi connectivity index (χ4n) is 1.55. The van der Waals surface area contributed by atoms with E-state index in [1.807, 2.05) is 25.2 Å². The Labute approximate surface area is 101 Å². The summed E-state index contributed by atoms with van der Waals surface area (Å²) in [6.07, 6.45) is 0. The topological polar surface area (TPSA) is 41.5 Å². The van der Waals surface area contributed by atoms with Crippen LogP contribution in [0.3, 0.4) is 0 Å². The maximum atomic E-state index is 8.76. The molecule has 0 bridgehead atoms. The zero-order valence-corrected chi connectivity index (χ0v) is 10.6. The van der Waals surface area contributed by atoms with E-state index in [4.69, 9.17) is 9.84 Å². The Hall–Kier alpha value is -0.710. The Morgan fingerprint density at radius 2 is 2.19 bits per heavy atom. The monoisotopic (exact) mass is 241 g/mol. The smallest absolute Gasteiger partial charge is 0.123 e. The molecule has 1 rings (SSSR count). The van der Waals surface area contributed by atoms with Gasteiger partial charge in [0.2, 0.25) is 0 Å². The van der Waals surface area contributed by atoms with Crippen LogP contribution in [0.25, 0.3) is 0 Å². The summed E-state index contributed by atoms with van der Waals surface area (Å²) >= 11 is 1.73. The standard InChI is InChI=1S/C12H19NO2S/c1-13-11(9-16-8-7-14)10-5-3-4-6-12(10)15-2/h3-6,11,13-14H,7-9H2,1-2H3. The number of aliphatic hydroxyl groups excluding tert-OH is 1. The molecule has 2 N–H and O–H groups in total. The highest BCUT2D eigenvalue weighted by Crippen LogP contribution is 2.26. The molecule has 0 aliphatic carbocycles. The Morgan fingerprint density at radius 1 is 1.44 bits per heavy atom. The van der Waals surface area contributed by atoms with Crippen molar-refractivity contribution in [2.24, 2.45) is 0 Å². The zero-order valence-electron chi connectivity index (χ0n) is 9.77. The number of para-hydroxylation sites is 1. The van der Waals surface area contributed by atoms with E-state index in [1.165, 1.54) is 0 Å². The molecule has 0 aliphatic rings. The van der Waals surface area contributed by atoms with Gasteiger partial charge in [-0.05, 0) is 13.1 Å². The molecule has 0 saturated heterocycles. The van der Waals surface area contributed by atoms with Gasteiger partial charge in [-0.25, -0.2) is 0 Å². The summed E-state index contributed by atoms with van der Waals surface area (Å²) < 4.78 is 5.34. The SMILES string of the molecule is CNC(CSCCO)c1ccccc1OC. The molecule has 0 amide bonds. The first kappa shape index (κ1) is 13.4. The van der Waals surface area contributed by atoms with E-state index in [0.717, 1.165) is 22.8 Å². The molecule has 1 aromatic rings. The van der Waals surface area contributed by atoms with E-state index in [-0.39, 0.29) is 12.6 Å². The molecule has 90 valence electrons. The number of nitrogens with one attached hydrogen (secondary N) is 1. The van der Waals surface area contributed by atoms with Gasteiger partial charge in [-0.2, -0.15) is 11.8 Å². The molecule has 0 saturated carbocycles. The Bertz CT molecular complexity index is 307. The maximum Gasteiger partial charge on any atom is 0.123 e. The maximum absolute atomic E-state index is 8.76. The van der Waals surface area contributed by atoms with Crippen LogP contribution in [-0.2, 0) is 0 Å². The number of hydrogen-bond acceptors (Lipinski definition) is 4. The van der Waals surface area contributed by atoms with Crippen LogP contribution in [0.5, 0.6) is 5.75 Å². The molecule has 0 radical (unpaired) electrons. The van der Waals surface area contributed by atoms with E-state index >= 15 is 0 Å². The highest BCUT2D eigenvalue weighted by atomic mass is 32.2. The second kappa shape index (κ2) is 7.54. The summed E-state index contributed by atoms with van der Waals surface area (Å²) in [5.74, 6) is 2.61. The van der Waals surface area contributed by atoms with Gasteiger partial charge >= 0.3 is 0 Å². The van der Waals surface area contributed by atoms with Crippen LogP contribution < -0.4 is 10.1 Å². The quantitative estimate of drug-likeness (QED) is 0.713. The van der Waals surface area contributed by atoms with Crippen molar-refractivity contribution in [1.82, 2.24) is 5.32 Å². The summed E-state index contributed by atoms with van der Waals surface area (Å²) in [6.45, 7) is 0.229. The van der Waals surface area contributed by atoms with E-state index in [0.29, 0.717) is 0 Å². The minimum atomic E-state index is 0.229. The van der Waals surface area contributed by atoms with Gasteiger partial charge in [0.25, 0.3) is 0 Å². The fraction of sp³-hybridized carbons (Fsp3) is 0.500. The second-order valence-electron chi connectivity index (χ2n) is 3.38. The molecule has 1 unspecified atom stereocenters. The molecule has 3 nitrogen and oxygen atoms in total. The third-order valence-corrected chi connectivity index (χ3v) is 3.42. The summed E-state index contributed by atoms with van der Waals surface area (Å²) in [4.78, 5) is 0. The summed E-state index contributed by atoms with van der Waals surface area (Å²) in [5, 5.41) is 12.0. The second-order valence-corrected chi connectivity index (χ2v) is 4.53. The van der Waals surface area contributed by atoms with Crippen molar-refractivity contribution in [3.63, 3.8) is 0 Å². The lowest BCUT2D eigenvalue weighted by Gasteiger charge is -2.18. The van der Waals surface area contributed by atoms with Gasteiger partial charge in [0.1, 0.15) is 5.75 Å². The van der Waals surface area contributed by atoms with Gasteiger partial charge in [-0.15, -0.1) is 0 Å². The van der Waals surface area contributed by atoms with Crippen molar-refractivity contribution in [3.05, 3.63) is 29.8 Å². The van der Waals surface area contributed by atoms with Crippen LogP contribution in [0.1, 0.15) is 11.6 Å². The molecule has 4 heteroatoms. The third-order valence-electron chi connectivity index (χ3n) is 2.38. The number of rotatable bonds is 7. The van der Waals surface area contributed by atoms with Gasteiger partial charge in [-0.3, -0.25) is 0 Å². The number of aliphatic hydroxyl groups is 1. The van der Waals surface area contributed by atoms with Crippen LogP contribution in [0.4, 0.5) is 0 Å². The largest absolute Gasteiger partial charge is 0.496 e. The molecule has 0 fully saturated rings. The van der Waals surface area contributed by atoms with E-state index < -0.39 is 0 Å².